The molecule has 0 atom stereocenters. The first-order chi connectivity index (χ1) is 9.56. The van der Waals surface area contributed by atoms with Crippen LogP contribution in [0.25, 0.3) is 0 Å². The van der Waals surface area contributed by atoms with Crippen LogP contribution in [-0.4, -0.2) is 47.9 Å². The number of carbonyl (C=O) groups excluding carboxylic acids is 2. The van der Waals surface area contributed by atoms with E-state index in [1.54, 1.807) is 17.0 Å². The first-order valence-corrected chi connectivity index (χ1v) is 7.23. The number of hydrogen-bond acceptors (Lipinski definition) is 4. The number of amides is 2. The minimum absolute atomic E-state index is 0.0136. The predicted molar refractivity (Wildman–Crippen MR) is 77.7 cm³/mol. The van der Waals surface area contributed by atoms with Crippen LogP contribution in [0.15, 0.2) is 16.7 Å². The maximum Gasteiger partial charge on any atom is 0.266 e. The molecule has 0 bridgehead atoms. The van der Waals surface area contributed by atoms with Crippen molar-refractivity contribution >= 4 is 33.6 Å². The number of rotatable bonds is 4. The highest BCUT2D eigenvalue weighted by molar-refractivity contribution is 9.10. The van der Waals surface area contributed by atoms with Gasteiger partial charge >= 0.3 is 0 Å². The van der Waals surface area contributed by atoms with Crippen molar-refractivity contribution in [2.75, 3.05) is 31.1 Å². The molecular formula is C13H16BrN3O3. The lowest BCUT2D eigenvalue weighted by molar-refractivity contribution is -0.131. The van der Waals surface area contributed by atoms with E-state index < -0.39 is 0 Å². The Morgan fingerprint density at radius 3 is 2.80 bits per heavy atom. The number of hydrogen-bond donors (Lipinski definition) is 0. The van der Waals surface area contributed by atoms with E-state index in [0.717, 1.165) is 0 Å². The van der Waals surface area contributed by atoms with Crippen LogP contribution in [-0.2, 0) is 9.59 Å². The fourth-order valence-electron chi connectivity index (χ4n) is 2.03. The summed E-state index contributed by atoms with van der Waals surface area (Å²) in [5.41, 5.74) is 0. The first-order valence-electron chi connectivity index (χ1n) is 6.44. The molecule has 1 aromatic heterocycles. The van der Waals surface area contributed by atoms with Crippen LogP contribution in [0.5, 0.6) is 5.75 Å². The Morgan fingerprint density at radius 2 is 2.15 bits per heavy atom. The number of carbonyl (C=O) groups is 2. The Kier molecular flexibility index (Phi) is 4.59. The molecule has 0 saturated carbocycles. The number of ether oxygens (including phenoxy) is 1. The largest absolute Gasteiger partial charge is 0.480 e. The third kappa shape index (κ3) is 2.92. The van der Waals surface area contributed by atoms with Crippen molar-refractivity contribution in [3.05, 3.63) is 16.7 Å². The van der Waals surface area contributed by atoms with Crippen LogP contribution >= 0.6 is 15.9 Å². The van der Waals surface area contributed by atoms with Crippen LogP contribution in [0.1, 0.15) is 13.8 Å². The summed E-state index contributed by atoms with van der Waals surface area (Å²) < 4.78 is 5.91. The van der Waals surface area contributed by atoms with Crippen molar-refractivity contribution in [3.8, 4) is 5.75 Å². The second-order valence-electron chi connectivity index (χ2n) is 4.29. The Hall–Kier alpha value is -1.63. The zero-order chi connectivity index (χ0) is 14.7. The molecule has 0 radical (unpaired) electrons. The van der Waals surface area contributed by atoms with E-state index in [9.17, 15) is 9.59 Å². The monoisotopic (exact) mass is 341 g/mol. The summed E-state index contributed by atoms with van der Waals surface area (Å²) in [6, 6.07) is 3.47. The van der Waals surface area contributed by atoms with Gasteiger partial charge in [0.15, 0.2) is 18.2 Å². The molecule has 0 aliphatic carbocycles. The van der Waals surface area contributed by atoms with E-state index in [1.165, 1.54) is 4.90 Å². The average molecular weight is 342 g/mol. The second-order valence-corrected chi connectivity index (χ2v) is 5.10. The summed E-state index contributed by atoms with van der Waals surface area (Å²) in [5.74, 6) is 0.540. The number of halogens is 1. The standard InChI is InChI=1S/C13H16BrN3O3/c1-3-16(4-2)11(18)7-17-12(19)8-20-9-5-6-10(14)15-13(9)17/h5-6H,3-4,7-8H2,1-2H3. The van der Waals surface area contributed by atoms with Gasteiger partial charge in [-0.25, -0.2) is 4.98 Å². The van der Waals surface area contributed by atoms with Gasteiger partial charge in [0, 0.05) is 13.1 Å². The van der Waals surface area contributed by atoms with E-state index in [4.69, 9.17) is 4.74 Å². The van der Waals surface area contributed by atoms with Crippen LogP contribution in [0.2, 0.25) is 0 Å². The van der Waals surface area contributed by atoms with Crippen LogP contribution < -0.4 is 9.64 Å². The average Bonchev–Trinajstić information content (AvgIpc) is 2.43. The molecule has 0 saturated heterocycles. The quantitative estimate of drug-likeness (QED) is 0.777. The SMILES string of the molecule is CCN(CC)C(=O)CN1C(=O)COc2ccc(Br)nc21. The number of pyridine rings is 1. The van der Waals surface area contributed by atoms with Gasteiger partial charge in [-0.05, 0) is 41.9 Å². The summed E-state index contributed by atoms with van der Waals surface area (Å²) >= 11 is 3.26. The van der Waals surface area contributed by atoms with Crippen molar-refractivity contribution in [1.29, 1.82) is 0 Å². The third-order valence-electron chi connectivity index (χ3n) is 3.12. The first kappa shape index (κ1) is 14.8. The second kappa shape index (κ2) is 6.21. The molecule has 2 amide bonds. The molecule has 108 valence electrons. The summed E-state index contributed by atoms with van der Waals surface area (Å²) in [4.78, 5) is 31.4. The molecule has 0 fully saturated rings. The molecule has 0 aromatic carbocycles. The van der Waals surface area contributed by atoms with Gasteiger partial charge in [-0.3, -0.25) is 14.5 Å². The van der Waals surface area contributed by atoms with Crippen LogP contribution in [0.4, 0.5) is 5.82 Å². The molecule has 0 N–H and O–H groups in total. The normalized spacial score (nSPS) is 13.8. The Balaban J connectivity index is 2.25. The molecule has 20 heavy (non-hydrogen) atoms. The van der Waals surface area contributed by atoms with Gasteiger partial charge in [0.25, 0.3) is 5.91 Å². The number of nitrogens with zero attached hydrogens (tertiary/aromatic N) is 3. The van der Waals surface area contributed by atoms with E-state index >= 15 is 0 Å². The molecule has 1 aliphatic heterocycles. The van der Waals surface area contributed by atoms with Gasteiger partial charge in [-0.1, -0.05) is 0 Å². The van der Waals surface area contributed by atoms with Crippen molar-refractivity contribution in [2.24, 2.45) is 0 Å². The minimum atomic E-state index is -0.261. The van der Waals surface area contributed by atoms with Crippen molar-refractivity contribution < 1.29 is 14.3 Å². The molecular weight excluding hydrogens is 326 g/mol. The minimum Gasteiger partial charge on any atom is -0.480 e. The highest BCUT2D eigenvalue weighted by Crippen LogP contribution is 2.31. The maximum absolute atomic E-state index is 12.2. The third-order valence-corrected chi connectivity index (χ3v) is 3.56. The Bertz CT molecular complexity index is 532. The fourth-order valence-corrected chi connectivity index (χ4v) is 2.33. The van der Waals surface area contributed by atoms with E-state index in [2.05, 4.69) is 20.9 Å². The molecule has 2 rings (SSSR count). The molecule has 6 nitrogen and oxygen atoms in total. The highest BCUT2D eigenvalue weighted by atomic mass is 79.9. The van der Waals surface area contributed by atoms with Crippen molar-refractivity contribution in [2.45, 2.75) is 13.8 Å². The van der Waals surface area contributed by atoms with E-state index in [0.29, 0.717) is 29.3 Å². The van der Waals surface area contributed by atoms with Gasteiger partial charge in [-0.2, -0.15) is 0 Å². The summed E-state index contributed by atoms with van der Waals surface area (Å²) in [6.07, 6.45) is 0. The molecule has 0 spiro atoms. The topological polar surface area (TPSA) is 62.7 Å². The zero-order valence-electron chi connectivity index (χ0n) is 11.4. The lowest BCUT2D eigenvalue weighted by Gasteiger charge is -2.29. The van der Waals surface area contributed by atoms with E-state index in [1.807, 2.05) is 13.8 Å². The van der Waals surface area contributed by atoms with Crippen molar-refractivity contribution in [3.63, 3.8) is 0 Å². The van der Waals surface area contributed by atoms with Crippen LogP contribution in [0, 0.1) is 0 Å². The van der Waals surface area contributed by atoms with Crippen molar-refractivity contribution in [1.82, 2.24) is 9.88 Å². The number of fused-ring (bicyclic) bond motifs is 1. The molecule has 7 heteroatoms. The van der Waals surface area contributed by atoms with Gasteiger partial charge in [0.2, 0.25) is 5.91 Å². The molecule has 1 aromatic rings. The maximum atomic E-state index is 12.2. The smallest absolute Gasteiger partial charge is 0.266 e. The summed E-state index contributed by atoms with van der Waals surface area (Å²) in [6.45, 7) is 4.97. The van der Waals surface area contributed by atoms with Crippen LogP contribution in [0.3, 0.4) is 0 Å². The molecule has 0 unspecified atom stereocenters. The zero-order valence-corrected chi connectivity index (χ0v) is 13.0. The summed E-state index contributed by atoms with van der Waals surface area (Å²) in [7, 11) is 0. The molecule has 1 aliphatic rings. The number of likely N-dealkylation sites (N-methyl/N-ethyl adjacent to an activating group) is 1. The van der Waals surface area contributed by atoms with Gasteiger partial charge in [0.05, 0.1) is 0 Å². The number of anilines is 1. The Morgan fingerprint density at radius 1 is 1.45 bits per heavy atom. The van der Waals surface area contributed by atoms with Gasteiger partial charge in [-0.15, -0.1) is 0 Å². The van der Waals surface area contributed by atoms with Gasteiger partial charge in [0.1, 0.15) is 11.1 Å². The number of aromatic nitrogens is 1. The lowest BCUT2D eigenvalue weighted by Crippen LogP contribution is -2.46. The fraction of sp³-hybridized carbons (Fsp3) is 0.462. The lowest BCUT2D eigenvalue weighted by atomic mass is 10.3. The van der Waals surface area contributed by atoms with Gasteiger partial charge < -0.3 is 9.64 Å². The van der Waals surface area contributed by atoms with E-state index in [-0.39, 0.29) is 25.0 Å². The Labute approximate surface area is 125 Å². The molecule has 2 heterocycles. The highest BCUT2D eigenvalue weighted by Gasteiger charge is 2.29. The predicted octanol–water partition coefficient (Wildman–Crippen LogP) is 1.44. The summed E-state index contributed by atoms with van der Waals surface area (Å²) in [5, 5.41) is 0.